The van der Waals surface area contributed by atoms with Crippen LogP contribution in [0, 0.1) is 5.92 Å². The standard InChI is InChI=1S/C23H33N5OS/c1-24-22(25-11-9-21-18-30-23(26-21)27-12-5-6-13-27)28-14-10-20(15-28)17-29-16-19-7-3-2-4-8-19/h2-4,7-8,18,20H,5-6,9-17H2,1H3,(H,24,25). The summed E-state index contributed by atoms with van der Waals surface area (Å²) in [6.45, 7) is 6.71. The second kappa shape index (κ2) is 10.8. The average molecular weight is 428 g/mol. The van der Waals surface area contributed by atoms with Crippen LogP contribution in [0.5, 0.6) is 0 Å². The number of ether oxygens (including phenoxy) is 1. The maximum atomic E-state index is 5.95. The maximum Gasteiger partial charge on any atom is 0.193 e. The third-order valence-electron chi connectivity index (χ3n) is 5.84. The van der Waals surface area contributed by atoms with Crippen molar-refractivity contribution in [2.24, 2.45) is 10.9 Å². The molecular formula is C23H33N5OS. The predicted molar refractivity (Wildman–Crippen MR) is 124 cm³/mol. The second-order valence-electron chi connectivity index (χ2n) is 8.14. The van der Waals surface area contributed by atoms with Gasteiger partial charge in [0.25, 0.3) is 0 Å². The van der Waals surface area contributed by atoms with Crippen molar-refractivity contribution >= 4 is 22.4 Å². The van der Waals surface area contributed by atoms with E-state index in [0.717, 1.165) is 58.1 Å². The minimum atomic E-state index is 0.564. The Balaban J connectivity index is 1.16. The Kier molecular flexibility index (Phi) is 7.59. The van der Waals surface area contributed by atoms with Crippen LogP contribution in [0.3, 0.4) is 0 Å². The van der Waals surface area contributed by atoms with Gasteiger partial charge in [-0.15, -0.1) is 11.3 Å². The van der Waals surface area contributed by atoms with Crippen LogP contribution in [0.25, 0.3) is 0 Å². The van der Waals surface area contributed by atoms with Gasteiger partial charge in [-0.2, -0.15) is 0 Å². The molecule has 4 rings (SSSR count). The van der Waals surface area contributed by atoms with Gasteiger partial charge in [0.2, 0.25) is 0 Å². The molecule has 2 saturated heterocycles. The molecule has 2 aliphatic heterocycles. The molecule has 2 fully saturated rings. The molecule has 30 heavy (non-hydrogen) atoms. The average Bonchev–Trinajstić information content (AvgIpc) is 3.54. The third-order valence-corrected chi connectivity index (χ3v) is 6.79. The molecule has 0 saturated carbocycles. The van der Waals surface area contributed by atoms with E-state index >= 15 is 0 Å². The highest BCUT2D eigenvalue weighted by Gasteiger charge is 2.25. The van der Waals surface area contributed by atoms with E-state index in [4.69, 9.17) is 9.72 Å². The number of hydrogen-bond donors (Lipinski definition) is 1. The molecule has 3 heterocycles. The van der Waals surface area contributed by atoms with Crippen LogP contribution in [0.2, 0.25) is 0 Å². The molecule has 2 aromatic rings. The quantitative estimate of drug-likeness (QED) is 0.517. The first-order chi connectivity index (χ1) is 14.8. The summed E-state index contributed by atoms with van der Waals surface area (Å²) >= 11 is 1.78. The molecule has 0 bridgehead atoms. The van der Waals surface area contributed by atoms with Gasteiger partial charge in [0.05, 0.1) is 18.9 Å². The van der Waals surface area contributed by atoms with E-state index in [1.165, 1.54) is 29.2 Å². The summed E-state index contributed by atoms with van der Waals surface area (Å²) in [5.74, 6) is 1.56. The fraction of sp³-hybridized carbons (Fsp3) is 0.565. The van der Waals surface area contributed by atoms with Crippen molar-refractivity contribution in [3.05, 3.63) is 47.0 Å². The lowest BCUT2D eigenvalue weighted by molar-refractivity contribution is 0.0907. The van der Waals surface area contributed by atoms with Crippen LogP contribution in [0.1, 0.15) is 30.5 Å². The summed E-state index contributed by atoms with van der Waals surface area (Å²) in [7, 11) is 1.87. The van der Waals surface area contributed by atoms with E-state index in [0.29, 0.717) is 12.5 Å². The molecule has 162 valence electrons. The minimum Gasteiger partial charge on any atom is -0.376 e. The van der Waals surface area contributed by atoms with Crippen molar-refractivity contribution in [2.45, 2.75) is 32.3 Å². The second-order valence-corrected chi connectivity index (χ2v) is 8.98. The van der Waals surface area contributed by atoms with Gasteiger partial charge in [-0.1, -0.05) is 30.3 Å². The Hall–Kier alpha value is -2.12. The Morgan fingerprint density at radius 3 is 2.87 bits per heavy atom. The smallest absolute Gasteiger partial charge is 0.193 e. The highest BCUT2D eigenvalue weighted by atomic mass is 32.1. The molecule has 1 N–H and O–H groups in total. The number of nitrogens with zero attached hydrogens (tertiary/aromatic N) is 4. The molecule has 0 amide bonds. The minimum absolute atomic E-state index is 0.564. The summed E-state index contributed by atoms with van der Waals surface area (Å²) < 4.78 is 5.95. The molecule has 0 aliphatic carbocycles. The number of anilines is 1. The fourth-order valence-corrected chi connectivity index (χ4v) is 5.09. The number of rotatable bonds is 8. The van der Waals surface area contributed by atoms with Gasteiger partial charge in [-0.05, 0) is 24.8 Å². The number of benzene rings is 1. The molecule has 1 aromatic carbocycles. The number of aliphatic imine (C=N–C) groups is 1. The number of guanidine groups is 1. The van der Waals surface area contributed by atoms with Gasteiger partial charge in [-0.25, -0.2) is 4.98 Å². The van der Waals surface area contributed by atoms with E-state index < -0.39 is 0 Å². The van der Waals surface area contributed by atoms with Crippen LogP contribution in [0.4, 0.5) is 5.13 Å². The first kappa shape index (κ1) is 21.1. The van der Waals surface area contributed by atoms with Crippen molar-refractivity contribution in [3.63, 3.8) is 0 Å². The lowest BCUT2D eigenvalue weighted by Gasteiger charge is -2.21. The van der Waals surface area contributed by atoms with Crippen LogP contribution in [-0.4, -0.2) is 62.2 Å². The SMILES string of the molecule is CN=C(NCCc1csc(N2CCCC2)n1)N1CCC(COCc2ccccc2)C1. The van der Waals surface area contributed by atoms with E-state index in [9.17, 15) is 0 Å². The van der Waals surface area contributed by atoms with Crippen molar-refractivity contribution in [1.82, 2.24) is 15.2 Å². The zero-order valence-electron chi connectivity index (χ0n) is 17.9. The number of thiazole rings is 1. The molecule has 7 heteroatoms. The van der Waals surface area contributed by atoms with Gasteiger partial charge in [-0.3, -0.25) is 4.99 Å². The summed E-state index contributed by atoms with van der Waals surface area (Å²) in [6.07, 6.45) is 4.67. The van der Waals surface area contributed by atoms with Gasteiger partial charge in [0.15, 0.2) is 11.1 Å². The molecule has 0 spiro atoms. The van der Waals surface area contributed by atoms with E-state index in [1.54, 1.807) is 11.3 Å². The highest BCUT2D eigenvalue weighted by Crippen LogP contribution is 2.24. The molecule has 1 atom stereocenters. The van der Waals surface area contributed by atoms with Crippen molar-refractivity contribution < 1.29 is 4.74 Å². The molecule has 2 aliphatic rings. The lowest BCUT2D eigenvalue weighted by Crippen LogP contribution is -2.41. The number of likely N-dealkylation sites (tertiary alicyclic amines) is 1. The van der Waals surface area contributed by atoms with Crippen LogP contribution in [0.15, 0.2) is 40.7 Å². The molecule has 6 nitrogen and oxygen atoms in total. The van der Waals surface area contributed by atoms with Crippen LogP contribution >= 0.6 is 11.3 Å². The Morgan fingerprint density at radius 2 is 2.07 bits per heavy atom. The molecule has 1 unspecified atom stereocenters. The van der Waals surface area contributed by atoms with E-state index in [1.807, 2.05) is 13.1 Å². The van der Waals surface area contributed by atoms with E-state index in [-0.39, 0.29) is 0 Å². The van der Waals surface area contributed by atoms with Crippen molar-refractivity contribution in [1.29, 1.82) is 0 Å². The normalized spacial score (nSPS) is 19.6. The van der Waals surface area contributed by atoms with E-state index in [2.05, 4.69) is 49.8 Å². The molecular weight excluding hydrogens is 394 g/mol. The maximum absolute atomic E-state index is 5.95. The highest BCUT2D eigenvalue weighted by molar-refractivity contribution is 7.13. The van der Waals surface area contributed by atoms with Crippen LogP contribution < -0.4 is 10.2 Å². The van der Waals surface area contributed by atoms with Gasteiger partial charge in [0, 0.05) is 57.5 Å². The summed E-state index contributed by atoms with van der Waals surface area (Å²) in [5.41, 5.74) is 2.42. The number of hydrogen-bond acceptors (Lipinski definition) is 5. The Morgan fingerprint density at radius 1 is 1.23 bits per heavy atom. The molecule has 0 radical (unpaired) electrons. The molecule has 1 aromatic heterocycles. The van der Waals surface area contributed by atoms with Crippen LogP contribution in [-0.2, 0) is 17.8 Å². The van der Waals surface area contributed by atoms with Gasteiger partial charge < -0.3 is 19.9 Å². The largest absolute Gasteiger partial charge is 0.376 e. The Bertz CT molecular complexity index is 803. The summed E-state index contributed by atoms with van der Waals surface area (Å²) in [4.78, 5) is 14.1. The predicted octanol–water partition coefficient (Wildman–Crippen LogP) is 3.40. The summed E-state index contributed by atoms with van der Waals surface area (Å²) in [5, 5.41) is 6.91. The Labute approximate surface area is 184 Å². The third kappa shape index (κ3) is 5.73. The van der Waals surface area contributed by atoms with Gasteiger partial charge >= 0.3 is 0 Å². The first-order valence-corrected chi connectivity index (χ1v) is 12.0. The van der Waals surface area contributed by atoms with Crippen molar-refractivity contribution in [2.75, 3.05) is 51.3 Å². The monoisotopic (exact) mass is 427 g/mol. The zero-order valence-corrected chi connectivity index (χ0v) is 18.7. The fourth-order valence-electron chi connectivity index (χ4n) is 4.18. The lowest BCUT2D eigenvalue weighted by atomic mass is 10.1. The first-order valence-electron chi connectivity index (χ1n) is 11.1. The van der Waals surface area contributed by atoms with Gasteiger partial charge in [0.1, 0.15) is 0 Å². The summed E-state index contributed by atoms with van der Waals surface area (Å²) in [6, 6.07) is 10.4. The number of aromatic nitrogens is 1. The zero-order chi connectivity index (χ0) is 20.6. The topological polar surface area (TPSA) is 53.0 Å². The number of nitrogens with one attached hydrogen (secondary N) is 1. The van der Waals surface area contributed by atoms with Crippen molar-refractivity contribution in [3.8, 4) is 0 Å².